The molecule has 0 fully saturated rings. The summed E-state index contributed by atoms with van der Waals surface area (Å²) in [5, 5.41) is 31.7. The number of carbonyl (C=O) groups is 2. The normalized spacial score (nSPS) is 16.1. The van der Waals surface area contributed by atoms with Crippen molar-refractivity contribution >= 4 is 11.6 Å². The minimum atomic E-state index is -1.38. The Kier molecular flexibility index (Phi) is 17.0. The topological polar surface area (TPSA) is 98.7 Å². The van der Waals surface area contributed by atoms with Crippen molar-refractivity contribution in [2.75, 3.05) is 0 Å². The maximum Gasteiger partial charge on any atom is 0.190 e. The Morgan fingerprint density at radius 3 is 0.899 bits per heavy atom. The molecule has 0 saturated carbocycles. The number of benzene rings is 6. The zero-order valence-corrected chi connectivity index (χ0v) is 41.9. The Bertz CT molecular complexity index is 2560. The van der Waals surface area contributed by atoms with Crippen molar-refractivity contribution in [3.05, 3.63) is 287 Å². The zero-order chi connectivity index (χ0) is 48.4. The van der Waals surface area contributed by atoms with Crippen molar-refractivity contribution in [3.63, 3.8) is 0 Å². The smallest absolute Gasteiger partial charge is 0.190 e. The van der Waals surface area contributed by atoms with Crippen LogP contribution >= 0.6 is 0 Å². The molecule has 6 nitrogen and oxygen atoms in total. The molecule has 7 heteroatoms. The first kappa shape index (κ1) is 51.7. The quantitative estimate of drug-likeness (QED) is 0.0721. The van der Waals surface area contributed by atoms with E-state index in [4.69, 9.17) is 0 Å². The minimum Gasteiger partial charge on any atom is -0.380 e. The molecule has 0 saturated heterocycles. The number of Topliss-reactive ketones (excluding diaryl/α,β-unsaturated/α-hetero) is 2. The van der Waals surface area contributed by atoms with Gasteiger partial charge in [-0.05, 0) is 56.4 Å². The molecule has 8 rings (SSSR count). The van der Waals surface area contributed by atoms with Crippen LogP contribution in [0.2, 0.25) is 0 Å². The molecule has 0 bridgehead atoms. The van der Waals surface area contributed by atoms with Crippen LogP contribution in [0.5, 0.6) is 0 Å². The van der Waals surface area contributed by atoms with E-state index in [-0.39, 0.29) is 44.1 Å². The van der Waals surface area contributed by atoms with Gasteiger partial charge in [-0.2, -0.15) is 0 Å². The summed E-state index contributed by atoms with van der Waals surface area (Å²) >= 11 is 0. The van der Waals surface area contributed by atoms with E-state index in [2.05, 4.69) is 10.6 Å². The monoisotopic (exact) mass is 946 g/mol. The number of aliphatic hydroxyl groups is 2. The molecule has 6 aromatic carbocycles. The summed E-state index contributed by atoms with van der Waals surface area (Å²) < 4.78 is 0. The maximum atomic E-state index is 13.2. The number of rotatable bonds is 12. The van der Waals surface area contributed by atoms with Gasteiger partial charge < -0.3 is 20.8 Å². The molecule has 0 unspecified atom stereocenters. The second-order valence-electron chi connectivity index (χ2n) is 19.3. The van der Waals surface area contributed by atoms with Gasteiger partial charge in [0.1, 0.15) is 11.2 Å². The van der Waals surface area contributed by atoms with Gasteiger partial charge in [-0.15, -0.1) is 0 Å². The largest absolute Gasteiger partial charge is 0.380 e. The third-order valence-corrected chi connectivity index (χ3v) is 12.5. The van der Waals surface area contributed by atoms with Gasteiger partial charge in [0, 0.05) is 56.4 Å². The molecule has 0 spiro atoms. The summed E-state index contributed by atoms with van der Waals surface area (Å²) in [5.74, 6) is -0.00505. The van der Waals surface area contributed by atoms with E-state index in [1.807, 2.05) is 260 Å². The van der Waals surface area contributed by atoms with Crippen LogP contribution in [-0.4, -0.2) is 21.8 Å². The first-order chi connectivity index (χ1) is 32.6. The fraction of sp³-hybridized carbons (Fsp3) is 0.194. The van der Waals surface area contributed by atoms with E-state index in [0.717, 1.165) is 44.5 Å². The number of hydrogen-bond acceptors (Lipinski definition) is 6. The average Bonchev–Trinajstić information content (AvgIpc) is 3.36. The van der Waals surface area contributed by atoms with Gasteiger partial charge >= 0.3 is 0 Å². The molecular formula is C62H62N2O4Ti. The van der Waals surface area contributed by atoms with Crippen LogP contribution in [0.1, 0.15) is 87.0 Å². The van der Waals surface area contributed by atoms with E-state index in [1.165, 1.54) is 0 Å². The standard InChI is InChI=1S/2C31H31NO2.Ti/c2*1-30(2,3)27-21-13-16-24(28(27)33)22-32-29(23-14-7-4-8-15-23)31(34,25-17-9-5-10-18-25)26-19-11-6-12-20-26;/h2*4-22,29,32,34H,1-3H3;/b2*24-22-;/t2*29-;/m11./s1. The van der Waals surface area contributed by atoms with Crippen LogP contribution < -0.4 is 10.6 Å². The molecule has 0 amide bonds. The summed E-state index contributed by atoms with van der Waals surface area (Å²) in [6.07, 6.45) is 14.7. The number of ketones is 2. The first-order valence-corrected chi connectivity index (χ1v) is 23.2. The Labute approximate surface area is 423 Å². The van der Waals surface area contributed by atoms with Gasteiger partial charge in [0.25, 0.3) is 0 Å². The van der Waals surface area contributed by atoms with Crippen molar-refractivity contribution < 1.29 is 41.5 Å². The summed E-state index contributed by atoms with van der Waals surface area (Å²) in [6, 6.07) is 57.3. The van der Waals surface area contributed by atoms with Crippen molar-refractivity contribution in [2.24, 2.45) is 10.8 Å². The Morgan fingerprint density at radius 2 is 0.652 bits per heavy atom. The summed E-state index contributed by atoms with van der Waals surface area (Å²) in [7, 11) is 0. The van der Waals surface area contributed by atoms with E-state index >= 15 is 0 Å². The van der Waals surface area contributed by atoms with Crippen LogP contribution in [0.25, 0.3) is 0 Å². The van der Waals surface area contributed by atoms with Crippen LogP contribution in [0, 0.1) is 10.8 Å². The van der Waals surface area contributed by atoms with E-state index < -0.39 is 23.3 Å². The van der Waals surface area contributed by atoms with Gasteiger partial charge in [0.15, 0.2) is 11.6 Å². The van der Waals surface area contributed by atoms with Crippen LogP contribution in [0.3, 0.4) is 0 Å². The molecule has 0 heterocycles. The third kappa shape index (κ3) is 11.8. The minimum absolute atomic E-state index is 0. The summed E-state index contributed by atoms with van der Waals surface area (Å²) in [6.45, 7) is 12.2. The first-order valence-electron chi connectivity index (χ1n) is 23.2. The number of hydrogen-bond donors (Lipinski definition) is 4. The predicted molar refractivity (Wildman–Crippen MR) is 276 cm³/mol. The molecule has 0 aromatic heterocycles. The number of nitrogens with one attached hydrogen (secondary N) is 2. The Morgan fingerprint density at radius 1 is 0.406 bits per heavy atom. The maximum absolute atomic E-state index is 13.2. The summed E-state index contributed by atoms with van der Waals surface area (Å²) in [4.78, 5) is 26.4. The second kappa shape index (κ2) is 22.6. The number of allylic oxidation sites excluding steroid dienone is 10. The van der Waals surface area contributed by atoms with Crippen LogP contribution in [0.4, 0.5) is 0 Å². The van der Waals surface area contributed by atoms with Crippen molar-refractivity contribution in [2.45, 2.75) is 64.8 Å². The molecule has 2 atom stereocenters. The SMILES string of the molecule is CC(C)(C)C1=CC=C/C(=C/N[C@H](c2ccccc2)C(O)(c2ccccc2)c2ccccc2)C1=O.CC(C)(C)C1=CC=C/C(=C/N[C@H](c2ccccc2)C(O)(c2ccccc2)c2ccccc2)C1=O.[Ti]. The molecular weight excluding hydrogens is 885 g/mol. The zero-order valence-electron chi connectivity index (χ0n) is 40.3. The Hall–Kier alpha value is -6.67. The second-order valence-corrected chi connectivity index (χ2v) is 19.3. The van der Waals surface area contributed by atoms with Gasteiger partial charge in [0.05, 0.1) is 12.1 Å². The van der Waals surface area contributed by atoms with Gasteiger partial charge in [0.2, 0.25) is 0 Å². The third-order valence-electron chi connectivity index (χ3n) is 12.5. The average molecular weight is 947 g/mol. The van der Waals surface area contributed by atoms with E-state index in [1.54, 1.807) is 12.4 Å². The molecule has 348 valence electrons. The number of carbonyl (C=O) groups excluding carboxylic acids is 2. The molecule has 6 aromatic rings. The van der Waals surface area contributed by atoms with Crippen molar-refractivity contribution in [1.29, 1.82) is 0 Å². The molecule has 69 heavy (non-hydrogen) atoms. The molecule has 2 aliphatic rings. The van der Waals surface area contributed by atoms with Crippen molar-refractivity contribution in [3.8, 4) is 0 Å². The van der Waals surface area contributed by atoms with E-state index in [9.17, 15) is 19.8 Å². The molecule has 0 radical (unpaired) electrons. The molecule has 4 N–H and O–H groups in total. The van der Waals surface area contributed by atoms with Crippen LogP contribution in [-0.2, 0) is 42.5 Å². The fourth-order valence-corrected chi connectivity index (χ4v) is 8.84. The Balaban J connectivity index is 0.000000224. The molecule has 2 aliphatic carbocycles. The molecule has 0 aliphatic heterocycles. The summed E-state index contributed by atoms with van der Waals surface area (Å²) in [5.41, 5.74) is 4.27. The van der Waals surface area contributed by atoms with Crippen molar-refractivity contribution in [1.82, 2.24) is 10.6 Å². The van der Waals surface area contributed by atoms with E-state index in [0.29, 0.717) is 11.1 Å². The van der Waals surface area contributed by atoms with Gasteiger partial charge in [-0.25, -0.2) is 0 Å². The predicted octanol–water partition coefficient (Wildman–Crippen LogP) is 12.5. The van der Waals surface area contributed by atoms with Gasteiger partial charge in [-0.3, -0.25) is 9.59 Å². The van der Waals surface area contributed by atoms with Crippen LogP contribution in [0.15, 0.2) is 253 Å². The fourth-order valence-electron chi connectivity index (χ4n) is 8.84. The van der Waals surface area contributed by atoms with Gasteiger partial charge in [-0.1, -0.05) is 248 Å².